The zero-order valence-electron chi connectivity index (χ0n) is 8.95. The maximum Gasteiger partial charge on any atom is 0.243 e. The van der Waals surface area contributed by atoms with Gasteiger partial charge in [0, 0.05) is 4.47 Å². The summed E-state index contributed by atoms with van der Waals surface area (Å²) in [5, 5.41) is 0.216. The second kappa shape index (κ2) is 4.89. The molecule has 6 heteroatoms. The average Bonchev–Trinajstić information content (AvgIpc) is 2.30. The van der Waals surface area contributed by atoms with Gasteiger partial charge in [0.1, 0.15) is 22.9 Å². The van der Waals surface area contributed by atoms with Crippen molar-refractivity contribution >= 4 is 33.3 Å². The first-order chi connectivity index (χ1) is 8.08. The molecule has 0 fully saturated rings. The predicted molar refractivity (Wildman–Crippen MR) is 70.4 cm³/mol. The van der Waals surface area contributed by atoms with E-state index < -0.39 is 0 Å². The number of hydrogen-bond acceptors (Lipinski definition) is 4. The minimum atomic E-state index is 0.200. The van der Waals surface area contributed by atoms with Crippen LogP contribution in [0.25, 0.3) is 0 Å². The Labute approximate surface area is 112 Å². The van der Waals surface area contributed by atoms with Crippen molar-refractivity contribution in [1.29, 1.82) is 0 Å². The molecule has 0 radical (unpaired) electrons. The van der Waals surface area contributed by atoms with Crippen LogP contribution in [-0.2, 0) is 0 Å². The molecule has 0 aliphatic carbocycles. The van der Waals surface area contributed by atoms with Gasteiger partial charge in [-0.25, -0.2) is 4.98 Å². The Morgan fingerprint density at radius 2 is 2.12 bits per heavy atom. The summed E-state index contributed by atoms with van der Waals surface area (Å²) in [6, 6.07) is 5.58. The summed E-state index contributed by atoms with van der Waals surface area (Å²) in [5.41, 5.74) is 6.61. The lowest BCUT2D eigenvalue weighted by Crippen LogP contribution is -1.96. The van der Waals surface area contributed by atoms with Crippen LogP contribution in [0.15, 0.2) is 29.0 Å². The molecule has 0 aliphatic rings. The molecule has 2 N–H and O–H groups in total. The molecule has 2 aromatic rings. The van der Waals surface area contributed by atoms with Crippen molar-refractivity contribution in [3.8, 4) is 11.6 Å². The first-order valence-electron chi connectivity index (χ1n) is 4.78. The Bertz CT molecular complexity index is 562. The Morgan fingerprint density at radius 1 is 1.35 bits per heavy atom. The van der Waals surface area contributed by atoms with Crippen molar-refractivity contribution in [3.05, 3.63) is 39.6 Å². The van der Waals surface area contributed by atoms with Crippen molar-refractivity contribution in [1.82, 2.24) is 9.97 Å². The number of anilines is 1. The zero-order chi connectivity index (χ0) is 12.4. The Kier molecular flexibility index (Phi) is 3.49. The molecule has 0 bridgehead atoms. The fourth-order valence-electron chi connectivity index (χ4n) is 1.23. The number of nitrogen functional groups attached to an aromatic ring is 1. The number of aryl methyl sites for hydroxylation is 1. The van der Waals surface area contributed by atoms with Crippen molar-refractivity contribution in [3.63, 3.8) is 0 Å². The molecule has 0 saturated carbocycles. The molecular formula is C11H9BrClN3O. The van der Waals surface area contributed by atoms with E-state index >= 15 is 0 Å². The molecule has 0 unspecified atom stereocenters. The van der Waals surface area contributed by atoms with Crippen molar-refractivity contribution in [2.24, 2.45) is 0 Å². The van der Waals surface area contributed by atoms with Crippen LogP contribution in [0.5, 0.6) is 11.6 Å². The molecule has 1 aromatic heterocycles. The van der Waals surface area contributed by atoms with Gasteiger partial charge in [0.05, 0.1) is 0 Å². The highest BCUT2D eigenvalue weighted by Crippen LogP contribution is 2.31. The Balaban J connectivity index is 2.31. The highest BCUT2D eigenvalue weighted by Gasteiger charge is 2.09. The van der Waals surface area contributed by atoms with E-state index in [1.165, 1.54) is 6.33 Å². The van der Waals surface area contributed by atoms with Gasteiger partial charge in [-0.15, -0.1) is 0 Å². The van der Waals surface area contributed by atoms with E-state index in [9.17, 15) is 0 Å². The Hall–Kier alpha value is -1.33. The van der Waals surface area contributed by atoms with E-state index in [4.69, 9.17) is 22.1 Å². The van der Waals surface area contributed by atoms with Crippen LogP contribution in [0.3, 0.4) is 0 Å². The molecule has 0 spiro atoms. The lowest BCUT2D eigenvalue weighted by atomic mass is 10.2. The van der Waals surface area contributed by atoms with E-state index in [0.717, 1.165) is 10.0 Å². The Morgan fingerprint density at radius 3 is 2.82 bits per heavy atom. The third-order valence-corrected chi connectivity index (χ3v) is 3.37. The number of ether oxygens (including phenoxy) is 1. The number of nitrogens with zero attached hydrogens (tertiary/aromatic N) is 2. The van der Waals surface area contributed by atoms with Crippen molar-refractivity contribution in [2.75, 3.05) is 5.73 Å². The molecule has 17 heavy (non-hydrogen) atoms. The normalized spacial score (nSPS) is 10.3. The molecule has 0 atom stereocenters. The van der Waals surface area contributed by atoms with Crippen LogP contribution in [-0.4, -0.2) is 9.97 Å². The van der Waals surface area contributed by atoms with Crippen LogP contribution in [0.4, 0.5) is 5.82 Å². The summed E-state index contributed by atoms with van der Waals surface area (Å²) in [7, 11) is 0. The second-order valence-electron chi connectivity index (χ2n) is 3.39. The molecule has 0 saturated heterocycles. The monoisotopic (exact) mass is 313 g/mol. The minimum Gasteiger partial charge on any atom is -0.437 e. The van der Waals surface area contributed by atoms with Gasteiger partial charge in [0.15, 0.2) is 0 Å². The van der Waals surface area contributed by atoms with Gasteiger partial charge in [-0.1, -0.05) is 27.5 Å². The largest absolute Gasteiger partial charge is 0.437 e. The van der Waals surface area contributed by atoms with Gasteiger partial charge in [0.25, 0.3) is 0 Å². The topological polar surface area (TPSA) is 61.0 Å². The van der Waals surface area contributed by atoms with Gasteiger partial charge in [0.2, 0.25) is 5.88 Å². The average molecular weight is 315 g/mol. The maximum atomic E-state index is 5.93. The van der Waals surface area contributed by atoms with Gasteiger partial charge < -0.3 is 10.5 Å². The maximum absolute atomic E-state index is 5.93. The first kappa shape index (κ1) is 12.1. The number of hydrogen-bond donors (Lipinski definition) is 1. The molecule has 0 aliphatic heterocycles. The van der Waals surface area contributed by atoms with Crippen LogP contribution in [0.1, 0.15) is 5.56 Å². The number of benzene rings is 1. The van der Waals surface area contributed by atoms with Crippen LogP contribution in [0, 0.1) is 6.92 Å². The minimum absolute atomic E-state index is 0.200. The van der Waals surface area contributed by atoms with Gasteiger partial charge >= 0.3 is 0 Å². The fraction of sp³-hybridized carbons (Fsp3) is 0.0909. The van der Waals surface area contributed by atoms with E-state index in [1.807, 2.05) is 25.1 Å². The number of halogens is 2. The van der Waals surface area contributed by atoms with E-state index in [1.54, 1.807) is 0 Å². The molecule has 1 heterocycles. The third-order valence-electron chi connectivity index (χ3n) is 2.13. The molecular weight excluding hydrogens is 305 g/mol. The van der Waals surface area contributed by atoms with E-state index in [-0.39, 0.29) is 16.7 Å². The number of aromatic nitrogens is 2. The summed E-state index contributed by atoms with van der Waals surface area (Å²) in [4.78, 5) is 7.69. The van der Waals surface area contributed by atoms with Gasteiger partial charge in [-0.2, -0.15) is 4.98 Å². The molecule has 4 nitrogen and oxygen atoms in total. The van der Waals surface area contributed by atoms with Crippen LogP contribution < -0.4 is 10.5 Å². The highest BCUT2D eigenvalue weighted by molar-refractivity contribution is 9.10. The molecule has 1 aromatic carbocycles. The van der Waals surface area contributed by atoms with Crippen molar-refractivity contribution in [2.45, 2.75) is 6.92 Å². The lowest BCUT2D eigenvalue weighted by Gasteiger charge is -2.08. The molecule has 88 valence electrons. The zero-order valence-corrected chi connectivity index (χ0v) is 11.3. The SMILES string of the molecule is Cc1cc(Oc2ncnc(N)c2Cl)ccc1Br. The highest BCUT2D eigenvalue weighted by atomic mass is 79.9. The summed E-state index contributed by atoms with van der Waals surface area (Å²) in [6.07, 6.45) is 1.31. The van der Waals surface area contributed by atoms with Crippen LogP contribution >= 0.6 is 27.5 Å². The number of nitrogens with two attached hydrogens (primary N) is 1. The first-order valence-corrected chi connectivity index (χ1v) is 5.95. The predicted octanol–water partition coefficient (Wildman–Crippen LogP) is 3.58. The van der Waals surface area contributed by atoms with E-state index in [0.29, 0.717) is 5.75 Å². The standard InChI is InChI=1S/C11H9BrClN3O/c1-6-4-7(2-3-8(6)12)17-11-9(13)10(14)15-5-16-11/h2-5H,1H3,(H2,14,15,16). The van der Waals surface area contributed by atoms with Crippen molar-refractivity contribution < 1.29 is 4.74 Å². The summed E-state index contributed by atoms with van der Waals surface area (Å²) < 4.78 is 6.55. The third kappa shape index (κ3) is 2.68. The summed E-state index contributed by atoms with van der Waals surface area (Å²) in [5.74, 6) is 1.09. The molecule has 2 rings (SSSR count). The summed E-state index contributed by atoms with van der Waals surface area (Å²) >= 11 is 9.34. The van der Waals surface area contributed by atoms with Gasteiger partial charge in [-0.3, -0.25) is 0 Å². The smallest absolute Gasteiger partial charge is 0.243 e. The van der Waals surface area contributed by atoms with Gasteiger partial charge in [-0.05, 0) is 30.7 Å². The number of rotatable bonds is 2. The fourth-order valence-corrected chi connectivity index (χ4v) is 1.61. The van der Waals surface area contributed by atoms with Crippen LogP contribution in [0.2, 0.25) is 5.02 Å². The quantitative estimate of drug-likeness (QED) is 0.920. The summed E-state index contributed by atoms with van der Waals surface area (Å²) in [6.45, 7) is 1.97. The second-order valence-corrected chi connectivity index (χ2v) is 4.62. The molecule has 0 amide bonds. The lowest BCUT2D eigenvalue weighted by molar-refractivity contribution is 0.462. The van der Waals surface area contributed by atoms with E-state index in [2.05, 4.69) is 25.9 Å².